The number of para-hydroxylation sites is 1. The Bertz CT molecular complexity index is 1090. The Kier molecular flexibility index (Phi) is 5.09. The van der Waals surface area contributed by atoms with Crippen LogP contribution in [-0.4, -0.2) is 42.2 Å². The molecule has 3 aromatic rings. The Balaban J connectivity index is 1.35. The van der Waals surface area contributed by atoms with E-state index in [-0.39, 0.29) is 17.9 Å². The fourth-order valence-corrected chi connectivity index (χ4v) is 4.59. The van der Waals surface area contributed by atoms with Gasteiger partial charge in [-0.1, -0.05) is 18.2 Å². The maximum Gasteiger partial charge on any atom is 0.257 e. The first-order chi connectivity index (χ1) is 14.7. The highest BCUT2D eigenvalue weighted by molar-refractivity contribution is 5.97. The van der Waals surface area contributed by atoms with Gasteiger partial charge in [-0.15, -0.1) is 0 Å². The second-order valence-corrected chi connectivity index (χ2v) is 8.07. The van der Waals surface area contributed by atoms with Gasteiger partial charge in [0.15, 0.2) is 0 Å². The van der Waals surface area contributed by atoms with Crippen LogP contribution in [0.1, 0.15) is 33.6 Å². The topological polar surface area (TPSA) is 73.3 Å². The van der Waals surface area contributed by atoms with Gasteiger partial charge in [0.05, 0.1) is 31.9 Å². The molecule has 1 amide bonds. The third-order valence-electron chi connectivity index (χ3n) is 6.19. The summed E-state index contributed by atoms with van der Waals surface area (Å²) in [6, 6.07) is 12.1. The standard InChI is InChI=1S/C24H25N3O3/c1-29-24-19(12-16-5-4-8-20(16)27-24)23(28)26-22-14-30-13-17(22)11-15-9-10-25-21-7-3-2-6-18(15)21/h2-3,6-7,9-10,12,17,22H,4-5,8,11,13-14H2,1H3,(H,26,28)/t17-,22-/m1/s1. The molecule has 6 heteroatoms. The molecule has 0 saturated carbocycles. The molecule has 2 aromatic heterocycles. The summed E-state index contributed by atoms with van der Waals surface area (Å²) in [6.45, 7) is 1.14. The highest BCUT2D eigenvalue weighted by Crippen LogP contribution is 2.28. The molecule has 1 N–H and O–H groups in total. The summed E-state index contributed by atoms with van der Waals surface area (Å²) in [7, 11) is 1.57. The lowest BCUT2D eigenvalue weighted by Gasteiger charge is -2.20. The van der Waals surface area contributed by atoms with Gasteiger partial charge in [0.2, 0.25) is 5.88 Å². The molecule has 0 bridgehead atoms. The predicted molar refractivity (Wildman–Crippen MR) is 114 cm³/mol. The molecule has 154 valence electrons. The molecular weight excluding hydrogens is 378 g/mol. The molecule has 2 atom stereocenters. The van der Waals surface area contributed by atoms with Crippen LogP contribution >= 0.6 is 0 Å². The van der Waals surface area contributed by atoms with Gasteiger partial charge in [-0.25, -0.2) is 4.98 Å². The minimum Gasteiger partial charge on any atom is -0.480 e. The number of rotatable bonds is 5. The first kappa shape index (κ1) is 19.0. The maximum atomic E-state index is 13.1. The quantitative estimate of drug-likeness (QED) is 0.709. The van der Waals surface area contributed by atoms with Gasteiger partial charge in [0, 0.05) is 23.2 Å². The van der Waals surface area contributed by atoms with Gasteiger partial charge >= 0.3 is 0 Å². The number of hydrogen-bond acceptors (Lipinski definition) is 5. The Morgan fingerprint density at radius 3 is 3.03 bits per heavy atom. The highest BCUT2D eigenvalue weighted by atomic mass is 16.5. The smallest absolute Gasteiger partial charge is 0.257 e. The first-order valence-corrected chi connectivity index (χ1v) is 10.5. The number of amides is 1. The monoisotopic (exact) mass is 403 g/mol. The zero-order valence-corrected chi connectivity index (χ0v) is 17.1. The number of benzene rings is 1. The fourth-order valence-electron chi connectivity index (χ4n) is 4.59. The number of ether oxygens (including phenoxy) is 2. The van der Waals surface area contributed by atoms with E-state index in [1.807, 2.05) is 30.5 Å². The molecule has 0 radical (unpaired) electrons. The molecule has 1 aliphatic carbocycles. The number of carbonyl (C=O) groups is 1. The molecule has 1 aromatic carbocycles. The van der Waals surface area contributed by atoms with E-state index in [0.717, 1.165) is 47.8 Å². The predicted octanol–water partition coefficient (Wildman–Crippen LogP) is 3.11. The van der Waals surface area contributed by atoms with E-state index in [9.17, 15) is 4.79 Å². The van der Waals surface area contributed by atoms with E-state index >= 15 is 0 Å². The van der Waals surface area contributed by atoms with Crippen LogP contribution in [0.2, 0.25) is 0 Å². The van der Waals surface area contributed by atoms with Crippen LogP contribution in [0.3, 0.4) is 0 Å². The van der Waals surface area contributed by atoms with Crippen LogP contribution in [0.25, 0.3) is 10.9 Å². The number of nitrogens with zero attached hydrogens (tertiary/aromatic N) is 2. The van der Waals surface area contributed by atoms with E-state index in [4.69, 9.17) is 9.47 Å². The van der Waals surface area contributed by atoms with Crippen LogP contribution in [0, 0.1) is 5.92 Å². The normalized spacial score (nSPS) is 20.3. The lowest BCUT2D eigenvalue weighted by Crippen LogP contribution is -2.40. The Morgan fingerprint density at radius 1 is 1.23 bits per heavy atom. The molecule has 0 spiro atoms. The number of methoxy groups -OCH3 is 1. The van der Waals surface area contributed by atoms with Crippen LogP contribution < -0.4 is 10.1 Å². The fraction of sp³-hybridized carbons (Fsp3) is 0.375. The van der Waals surface area contributed by atoms with E-state index in [0.29, 0.717) is 24.7 Å². The SMILES string of the molecule is COc1nc2c(cc1C(=O)N[C@@H]1COC[C@H]1Cc1ccnc3ccccc13)CCC2. The molecule has 5 rings (SSSR count). The number of aryl methyl sites for hydroxylation is 2. The summed E-state index contributed by atoms with van der Waals surface area (Å²) in [6.07, 6.45) is 5.67. The summed E-state index contributed by atoms with van der Waals surface area (Å²) in [5.74, 6) is 0.464. The molecule has 1 aliphatic heterocycles. The highest BCUT2D eigenvalue weighted by Gasteiger charge is 2.31. The zero-order chi connectivity index (χ0) is 20.5. The van der Waals surface area contributed by atoms with Gasteiger partial charge in [-0.2, -0.15) is 0 Å². The Morgan fingerprint density at radius 2 is 2.13 bits per heavy atom. The van der Waals surface area contributed by atoms with Gasteiger partial charge in [0.1, 0.15) is 5.56 Å². The van der Waals surface area contributed by atoms with Crippen molar-refractivity contribution in [2.75, 3.05) is 20.3 Å². The minimum atomic E-state index is -0.144. The van der Waals surface area contributed by atoms with E-state index < -0.39 is 0 Å². The molecule has 6 nitrogen and oxygen atoms in total. The van der Waals surface area contributed by atoms with Gasteiger partial charge < -0.3 is 14.8 Å². The van der Waals surface area contributed by atoms with Crippen molar-refractivity contribution < 1.29 is 14.3 Å². The number of fused-ring (bicyclic) bond motifs is 2. The lowest BCUT2D eigenvalue weighted by atomic mass is 9.93. The molecule has 1 saturated heterocycles. The summed E-state index contributed by atoms with van der Waals surface area (Å²) in [4.78, 5) is 22.1. The molecule has 1 fully saturated rings. The summed E-state index contributed by atoms with van der Waals surface area (Å²) >= 11 is 0. The average Bonchev–Trinajstić information content (AvgIpc) is 3.42. The maximum absolute atomic E-state index is 13.1. The largest absolute Gasteiger partial charge is 0.480 e. The summed E-state index contributed by atoms with van der Waals surface area (Å²) in [5.41, 5.74) is 4.94. The van der Waals surface area contributed by atoms with Crippen molar-refractivity contribution in [3.8, 4) is 5.88 Å². The van der Waals surface area contributed by atoms with E-state index in [2.05, 4.69) is 27.4 Å². The minimum absolute atomic E-state index is 0.0533. The molecule has 0 unspecified atom stereocenters. The van der Waals surface area contributed by atoms with Crippen molar-refractivity contribution in [2.45, 2.75) is 31.7 Å². The third-order valence-corrected chi connectivity index (χ3v) is 6.19. The number of pyridine rings is 2. The number of nitrogens with one attached hydrogen (secondary N) is 1. The molecule has 30 heavy (non-hydrogen) atoms. The van der Waals surface area contributed by atoms with Crippen molar-refractivity contribution in [2.24, 2.45) is 5.92 Å². The van der Waals surface area contributed by atoms with Gasteiger partial charge in [0.25, 0.3) is 5.91 Å². The Labute approximate surface area is 175 Å². The molecule has 3 heterocycles. The van der Waals surface area contributed by atoms with Gasteiger partial charge in [-0.05, 0) is 55.0 Å². The van der Waals surface area contributed by atoms with Crippen LogP contribution in [0.15, 0.2) is 42.6 Å². The Hall–Kier alpha value is -2.99. The number of hydrogen-bond donors (Lipinski definition) is 1. The van der Waals surface area contributed by atoms with Crippen molar-refractivity contribution in [3.05, 3.63) is 65.0 Å². The molecule has 2 aliphatic rings. The van der Waals surface area contributed by atoms with Crippen molar-refractivity contribution in [3.63, 3.8) is 0 Å². The second-order valence-electron chi connectivity index (χ2n) is 8.07. The first-order valence-electron chi connectivity index (χ1n) is 10.5. The van der Waals surface area contributed by atoms with E-state index in [1.165, 1.54) is 5.56 Å². The van der Waals surface area contributed by atoms with Crippen LogP contribution in [0.4, 0.5) is 0 Å². The van der Waals surface area contributed by atoms with Gasteiger partial charge in [-0.3, -0.25) is 9.78 Å². The van der Waals surface area contributed by atoms with Crippen molar-refractivity contribution in [1.29, 1.82) is 0 Å². The number of carbonyl (C=O) groups excluding carboxylic acids is 1. The second kappa shape index (κ2) is 8.03. The van der Waals surface area contributed by atoms with Crippen molar-refractivity contribution >= 4 is 16.8 Å². The van der Waals surface area contributed by atoms with Crippen molar-refractivity contribution in [1.82, 2.24) is 15.3 Å². The summed E-state index contributed by atoms with van der Waals surface area (Å²) in [5, 5.41) is 4.33. The zero-order valence-electron chi connectivity index (χ0n) is 17.1. The number of aromatic nitrogens is 2. The van der Waals surface area contributed by atoms with Crippen LogP contribution in [-0.2, 0) is 24.0 Å². The lowest BCUT2D eigenvalue weighted by molar-refractivity contribution is 0.0921. The van der Waals surface area contributed by atoms with E-state index in [1.54, 1.807) is 7.11 Å². The molecular formula is C24H25N3O3. The third kappa shape index (κ3) is 3.52. The average molecular weight is 403 g/mol. The van der Waals surface area contributed by atoms with Crippen LogP contribution in [0.5, 0.6) is 5.88 Å². The summed E-state index contributed by atoms with van der Waals surface area (Å²) < 4.78 is 11.2.